The second-order valence-corrected chi connectivity index (χ2v) is 10.6. The third kappa shape index (κ3) is 4.05. The number of para-hydroxylation sites is 1. The zero-order valence-corrected chi connectivity index (χ0v) is 21.5. The summed E-state index contributed by atoms with van der Waals surface area (Å²) in [6.45, 7) is 1.43. The minimum atomic E-state index is -1.69. The number of imide groups is 1. The second kappa shape index (κ2) is 9.87. The lowest BCUT2D eigenvalue weighted by molar-refractivity contribution is -0.150. The first kappa shape index (κ1) is 25.9. The first-order chi connectivity index (χ1) is 18.2. The summed E-state index contributed by atoms with van der Waals surface area (Å²) >= 11 is 0. The van der Waals surface area contributed by atoms with E-state index in [1.807, 2.05) is 0 Å². The van der Waals surface area contributed by atoms with Crippen molar-refractivity contribution in [2.75, 3.05) is 12.0 Å². The number of carboxylic acids is 1. The first-order valence-electron chi connectivity index (χ1n) is 13.1. The van der Waals surface area contributed by atoms with Gasteiger partial charge in [0.05, 0.1) is 24.6 Å². The Morgan fingerprint density at radius 1 is 1.05 bits per heavy atom. The van der Waals surface area contributed by atoms with Crippen molar-refractivity contribution in [2.45, 2.75) is 57.0 Å². The molecule has 3 fully saturated rings. The Hall–Kier alpha value is -3.72. The van der Waals surface area contributed by atoms with Gasteiger partial charge in [-0.1, -0.05) is 44.2 Å². The van der Waals surface area contributed by atoms with E-state index in [4.69, 9.17) is 4.74 Å². The predicted octanol–water partition coefficient (Wildman–Crippen LogP) is 3.85. The van der Waals surface area contributed by atoms with Crippen molar-refractivity contribution >= 4 is 29.3 Å². The average molecular weight is 521 g/mol. The van der Waals surface area contributed by atoms with Crippen LogP contribution in [-0.4, -0.2) is 46.4 Å². The predicted molar refractivity (Wildman–Crippen MR) is 138 cm³/mol. The molecule has 0 radical (unpaired) electrons. The van der Waals surface area contributed by atoms with E-state index in [9.17, 15) is 29.4 Å². The molecule has 2 aromatic carbocycles. The lowest BCUT2D eigenvalue weighted by Crippen LogP contribution is -2.57. The number of ketones is 1. The normalized spacial score (nSPS) is 27.4. The number of phenolic OH excluding ortho intramolecular Hbond substituents is 1. The van der Waals surface area contributed by atoms with E-state index in [0.29, 0.717) is 11.1 Å². The summed E-state index contributed by atoms with van der Waals surface area (Å²) in [6.07, 6.45) is 5.02. The van der Waals surface area contributed by atoms with Gasteiger partial charge in [-0.15, -0.1) is 0 Å². The number of Topliss-reactive ketones (excluding diaryl/α,β-unsaturated/α-hetero) is 1. The maximum atomic E-state index is 14.0. The van der Waals surface area contributed by atoms with Gasteiger partial charge in [-0.3, -0.25) is 24.5 Å². The summed E-state index contributed by atoms with van der Waals surface area (Å²) in [4.78, 5) is 53.8. The van der Waals surface area contributed by atoms with Crippen LogP contribution >= 0.6 is 0 Å². The Labute approximate surface area is 220 Å². The lowest BCUT2D eigenvalue weighted by Gasteiger charge is -2.35. The van der Waals surface area contributed by atoms with Gasteiger partial charge in [0.1, 0.15) is 5.54 Å². The van der Waals surface area contributed by atoms with Gasteiger partial charge in [-0.2, -0.15) is 0 Å². The van der Waals surface area contributed by atoms with Crippen LogP contribution in [0, 0.1) is 17.8 Å². The average Bonchev–Trinajstić information content (AvgIpc) is 3.38. The second-order valence-electron chi connectivity index (χ2n) is 10.6. The number of aromatic hydroxyl groups is 1. The number of phenols is 1. The van der Waals surface area contributed by atoms with E-state index in [1.54, 1.807) is 30.3 Å². The number of hydrogen-bond donors (Lipinski definition) is 3. The first-order valence-corrected chi connectivity index (χ1v) is 13.1. The summed E-state index contributed by atoms with van der Waals surface area (Å²) in [7, 11) is 1.41. The Balaban J connectivity index is 1.62. The number of hydrogen-bond acceptors (Lipinski definition) is 7. The highest BCUT2D eigenvalue weighted by Gasteiger charge is 2.69. The van der Waals surface area contributed by atoms with E-state index in [-0.39, 0.29) is 35.3 Å². The summed E-state index contributed by atoms with van der Waals surface area (Å²) < 4.78 is 5.26. The highest BCUT2D eigenvalue weighted by molar-refractivity contribution is 6.24. The third-order valence-corrected chi connectivity index (χ3v) is 8.49. The fraction of sp³-hybridized carbons (Fsp3) is 0.448. The lowest BCUT2D eigenvalue weighted by atomic mass is 9.72. The fourth-order valence-corrected chi connectivity index (χ4v) is 6.64. The van der Waals surface area contributed by atoms with Crippen LogP contribution in [0.5, 0.6) is 11.5 Å². The smallest absolute Gasteiger partial charge is 0.324 e. The molecule has 200 valence electrons. The molecule has 0 spiro atoms. The van der Waals surface area contributed by atoms with Gasteiger partial charge in [0.2, 0.25) is 11.8 Å². The van der Waals surface area contributed by atoms with Crippen molar-refractivity contribution < 1.29 is 34.1 Å². The number of carbonyl (C=O) groups excluding carboxylic acids is 3. The molecular weight excluding hydrogens is 488 g/mol. The van der Waals surface area contributed by atoms with E-state index in [1.165, 1.54) is 26.2 Å². The molecule has 2 heterocycles. The van der Waals surface area contributed by atoms with Crippen molar-refractivity contribution in [3.63, 3.8) is 0 Å². The molecule has 2 aliphatic heterocycles. The molecular formula is C29H32N2O7. The van der Waals surface area contributed by atoms with Crippen molar-refractivity contribution in [3.8, 4) is 11.5 Å². The summed E-state index contributed by atoms with van der Waals surface area (Å²) in [6, 6.07) is 10.1. The zero-order chi connectivity index (χ0) is 27.2. The number of rotatable bonds is 7. The van der Waals surface area contributed by atoms with E-state index in [2.05, 4.69) is 5.32 Å². The topological polar surface area (TPSA) is 133 Å². The highest BCUT2D eigenvalue weighted by Crippen LogP contribution is 2.54. The molecule has 1 saturated carbocycles. The minimum Gasteiger partial charge on any atom is -0.504 e. The van der Waals surface area contributed by atoms with Gasteiger partial charge in [0, 0.05) is 17.2 Å². The molecule has 0 bridgehead atoms. The summed E-state index contributed by atoms with van der Waals surface area (Å²) in [5.41, 5.74) is -0.662. The summed E-state index contributed by atoms with van der Waals surface area (Å²) in [5, 5.41) is 24.8. The molecule has 4 atom stereocenters. The van der Waals surface area contributed by atoms with Gasteiger partial charge in [0.25, 0.3) is 0 Å². The zero-order valence-electron chi connectivity index (χ0n) is 21.5. The molecule has 3 aliphatic rings. The van der Waals surface area contributed by atoms with Crippen LogP contribution in [0.2, 0.25) is 0 Å². The largest absolute Gasteiger partial charge is 0.504 e. The molecule has 1 aliphatic carbocycles. The number of nitrogens with zero attached hydrogens (tertiary/aromatic N) is 1. The quantitative estimate of drug-likeness (QED) is 0.370. The van der Waals surface area contributed by atoms with E-state index >= 15 is 0 Å². The van der Waals surface area contributed by atoms with Crippen LogP contribution < -0.4 is 15.0 Å². The monoisotopic (exact) mass is 520 g/mol. The number of nitrogens with one attached hydrogen (secondary N) is 1. The van der Waals surface area contributed by atoms with Gasteiger partial charge in [-0.25, -0.2) is 4.90 Å². The Morgan fingerprint density at radius 2 is 1.74 bits per heavy atom. The van der Waals surface area contributed by atoms with Crippen LogP contribution in [0.3, 0.4) is 0 Å². The van der Waals surface area contributed by atoms with Crippen molar-refractivity contribution in [1.82, 2.24) is 5.32 Å². The Kier molecular flexibility index (Phi) is 6.73. The van der Waals surface area contributed by atoms with E-state index in [0.717, 1.165) is 37.0 Å². The van der Waals surface area contributed by atoms with Gasteiger partial charge < -0.3 is 14.9 Å². The molecule has 2 aromatic rings. The Bertz CT molecular complexity index is 1280. The maximum Gasteiger partial charge on any atom is 0.324 e. The molecule has 2 saturated heterocycles. The minimum absolute atomic E-state index is 0.0949. The molecule has 5 rings (SSSR count). The number of benzene rings is 2. The summed E-state index contributed by atoms with van der Waals surface area (Å²) in [5.74, 6) is -4.60. The van der Waals surface area contributed by atoms with Crippen LogP contribution in [0.15, 0.2) is 42.5 Å². The molecule has 9 heteroatoms. The standard InChI is InChI=1S/C29H32N2O7/c1-16(32)18-11-13-19(14-12-18)31-26(34)22-23(27(31)35)29(28(36)37,15-17-7-4-3-5-8-17)30-24(22)20-9-6-10-21(38-2)25(20)33/h6,9-14,17,22-24,30,33H,3-5,7-8,15H2,1-2H3,(H,36,37). The SMILES string of the molecule is COc1cccc(C2NC(CC3CCCCC3)(C(=O)O)C3C(=O)N(c4ccc(C(C)=O)cc4)C(=O)C23)c1O. The van der Waals surface area contributed by atoms with Crippen LogP contribution in [0.4, 0.5) is 5.69 Å². The van der Waals surface area contributed by atoms with Crippen LogP contribution in [0.1, 0.15) is 67.4 Å². The molecule has 4 unspecified atom stereocenters. The number of carboxylic acid groups (broad SMARTS) is 1. The number of carbonyl (C=O) groups is 4. The molecule has 3 N–H and O–H groups in total. The van der Waals surface area contributed by atoms with Gasteiger partial charge >= 0.3 is 5.97 Å². The van der Waals surface area contributed by atoms with Crippen molar-refractivity contribution in [1.29, 1.82) is 0 Å². The fourth-order valence-electron chi connectivity index (χ4n) is 6.64. The molecule has 0 aromatic heterocycles. The highest BCUT2D eigenvalue weighted by atomic mass is 16.5. The third-order valence-electron chi connectivity index (χ3n) is 8.49. The number of amides is 2. The van der Waals surface area contributed by atoms with Gasteiger partial charge in [-0.05, 0) is 49.6 Å². The van der Waals surface area contributed by atoms with Crippen LogP contribution in [0.25, 0.3) is 0 Å². The number of methoxy groups -OCH3 is 1. The number of anilines is 1. The molecule has 38 heavy (non-hydrogen) atoms. The number of fused-ring (bicyclic) bond motifs is 1. The number of aliphatic carboxylic acids is 1. The number of ether oxygens (including phenoxy) is 1. The Morgan fingerprint density at radius 3 is 2.34 bits per heavy atom. The maximum absolute atomic E-state index is 14.0. The van der Waals surface area contributed by atoms with Gasteiger partial charge in [0.15, 0.2) is 17.3 Å². The van der Waals surface area contributed by atoms with Crippen molar-refractivity contribution in [3.05, 3.63) is 53.6 Å². The van der Waals surface area contributed by atoms with Crippen molar-refractivity contribution in [2.24, 2.45) is 17.8 Å². The molecule has 9 nitrogen and oxygen atoms in total. The van der Waals surface area contributed by atoms with E-state index < -0.39 is 41.2 Å². The van der Waals surface area contributed by atoms with Crippen LogP contribution in [-0.2, 0) is 14.4 Å². The molecule has 2 amide bonds.